The van der Waals surface area contributed by atoms with Gasteiger partial charge in [-0.05, 0) is 13.8 Å². The Morgan fingerprint density at radius 3 is 2.00 bits per heavy atom. The number of hydrogen-bond donors (Lipinski definition) is 0. The molecule has 0 amide bonds. The van der Waals surface area contributed by atoms with E-state index in [0.29, 0.717) is 12.3 Å². The van der Waals surface area contributed by atoms with Crippen LogP contribution >= 0.6 is 7.37 Å². The lowest BCUT2D eigenvalue weighted by Crippen LogP contribution is -2.10. The minimum absolute atomic E-state index is 0.0222. The molecule has 0 saturated heterocycles. The van der Waals surface area contributed by atoms with E-state index in [2.05, 4.69) is 0 Å². The molecule has 116 valence electrons. The molecule has 0 aliphatic heterocycles. The van der Waals surface area contributed by atoms with Gasteiger partial charge in [0.2, 0.25) is 7.37 Å². The van der Waals surface area contributed by atoms with Gasteiger partial charge in [0.15, 0.2) is 0 Å². The maximum Gasteiger partial charge on any atom is 0.334 e. The zero-order valence-electron chi connectivity index (χ0n) is 12.5. The van der Waals surface area contributed by atoms with Gasteiger partial charge in [-0.25, -0.2) is 4.79 Å². The van der Waals surface area contributed by atoms with Gasteiger partial charge in [0.1, 0.15) is 12.2 Å². The van der Waals surface area contributed by atoms with E-state index in [1.807, 2.05) is 0 Å². The third kappa shape index (κ3) is 7.34. The molecule has 0 aromatic carbocycles. The van der Waals surface area contributed by atoms with Crippen LogP contribution in [0.15, 0.2) is 11.8 Å². The first kappa shape index (κ1) is 18.7. The molecule has 0 aliphatic carbocycles. The number of carbonyl (C=O) groups is 2. The SMILES string of the molecule is CCOC(=O)/C=C(/CC(=O)OCC)OP(=O)(CC)CC. The van der Waals surface area contributed by atoms with Crippen molar-refractivity contribution in [3.63, 3.8) is 0 Å². The summed E-state index contributed by atoms with van der Waals surface area (Å²) in [7, 11) is -2.87. The Kier molecular flexibility index (Phi) is 8.97. The molecule has 7 heteroatoms. The highest BCUT2D eigenvalue weighted by atomic mass is 31.2. The topological polar surface area (TPSA) is 78.9 Å². The molecular formula is C13H23O6P. The monoisotopic (exact) mass is 306 g/mol. The lowest BCUT2D eigenvalue weighted by Gasteiger charge is -2.18. The molecule has 0 heterocycles. The van der Waals surface area contributed by atoms with Gasteiger partial charge >= 0.3 is 11.9 Å². The van der Waals surface area contributed by atoms with E-state index >= 15 is 0 Å². The molecule has 0 radical (unpaired) electrons. The molecule has 0 saturated carbocycles. The number of rotatable bonds is 9. The molecule has 0 spiro atoms. The summed E-state index contributed by atoms with van der Waals surface area (Å²) in [6, 6.07) is 0. The Hall–Kier alpha value is -1.29. The molecule has 6 nitrogen and oxygen atoms in total. The van der Waals surface area contributed by atoms with Gasteiger partial charge in [0.05, 0.1) is 19.3 Å². The minimum Gasteiger partial charge on any atom is -0.466 e. The molecule has 0 N–H and O–H groups in total. The lowest BCUT2D eigenvalue weighted by molar-refractivity contribution is -0.142. The van der Waals surface area contributed by atoms with Gasteiger partial charge in [-0.3, -0.25) is 9.36 Å². The van der Waals surface area contributed by atoms with Crippen molar-refractivity contribution in [2.45, 2.75) is 34.1 Å². The fraction of sp³-hybridized carbons (Fsp3) is 0.692. The number of esters is 2. The van der Waals surface area contributed by atoms with Crippen molar-refractivity contribution in [2.24, 2.45) is 0 Å². The molecule has 0 fully saturated rings. The van der Waals surface area contributed by atoms with Crippen molar-refractivity contribution in [2.75, 3.05) is 25.5 Å². The minimum atomic E-state index is -2.87. The second kappa shape index (κ2) is 9.59. The predicted molar refractivity (Wildman–Crippen MR) is 75.7 cm³/mol. The average molecular weight is 306 g/mol. The summed E-state index contributed by atoms with van der Waals surface area (Å²) >= 11 is 0. The van der Waals surface area contributed by atoms with Crippen LogP contribution in [0, 0.1) is 0 Å². The normalized spacial score (nSPS) is 11.9. The van der Waals surface area contributed by atoms with Crippen molar-refractivity contribution >= 4 is 19.3 Å². The van der Waals surface area contributed by atoms with E-state index in [-0.39, 0.29) is 25.4 Å². The highest BCUT2D eigenvalue weighted by Crippen LogP contribution is 2.48. The predicted octanol–water partition coefficient (Wildman–Crippen LogP) is 2.72. The van der Waals surface area contributed by atoms with Gasteiger partial charge in [0, 0.05) is 12.3 Å². The lowest BCUT2D eigenvalue weighted by atomic mass is 10.3. The zero-order chi connectivity index (χ0) is 15.6. The molecule has 0 rings (SSSR count). The van der Waals surface area contributed by atoms with E-state index in [4.69, 9.17) is 14.0 Å². The quantitative estimate of drug-likeness (QED) is 0.282. The largest absolute Gasteiger partial charge is 0.466 e. The van der Waals surface area contributed by atoms with Gasteiger partial charge in [0.25, 0.3) is 0 Å². The number of ether oxygens (including phenoxy) is 2. The van der Waals surface area contributed by atoms with Gasteiger partial charge in [-0.1, -0.05) is 13.8 Å². The van der Waals surface area contributed by atoms with Crippen molar-refractivity contribution in [3.8, 4) is 0 Å². The fourth-order valence-corrected chi connectivity index (χ4v) is 2.60. The maximum atomic E-state index is 12.3. The van der Waals surface area contributed by atoms with Crippen LogP contribution in [-0.4, -0.2) is 37.5 Å². The summed E-state index contributed by atoms with van der Waals surface area (Å²) in [5, 5.41) is 0. The third-order valence-electron chi connectivity index (χ3n) is 2.44. The first-order chi connectivity index (χ1) is 9.40. The zero-order valence-corrected chi connectivity index (χ0v) is 13.4. The fourth-order valence-electron chi connectivity index (χ4n) is 1.35. The van der Waals surface area contributed by atoms with Crippen molar-refractivity contribution in [3.05, 3.63) is 11.8 Å². The second-order valence-corrected chi connectivity index (χ2v) is 6.96. The molecule has 0 aromatic rings. The Labute approximate surface area is 119 Å². The molecule has 0 aromatic heterocycles. The van der Waals surface area contributed by atoms with Crippen LogP contribution in [0.5, 0.6) is 0 Å². The van der Waals surface area contributed by atoms with E-state index in [0.717, 1.165) is 6.08 Å². The summed E-state index contributed by atoms with van der Waals surface area (Å²) < 4.78 is 27.2. The molecule has 0 atom stereocenters. The molecule has 0 bridgehead atoms. The van der Waals surface area contributed by atoms with E-state index in [9.17, 15) is 14.2 Å². The van der Waals surface area contributed by atoms with Crippen LogP contribution in [0.4, 0.5) is 0 Å². The van der Waals surface area contributed by atoms with Crippen LogP contribution in [0.1, 0.15) is 34.1 Å². The summed E-state index contributed by atoms with van der Waals surface area (Å²) in [5.41, 5.74) is 0. The van der Waals surface area contributed by atoms with Gasteiger partial charge in [-0.2, -0.15) is 0 Å². The van der Waals surface area contributed by atoms with Crippen molar-refractivity contribution in [1.29, 1.82) is 0 Å². The first-order valence-electron chi connectivity index (χ1n) is 6.71. The van der Waals surface area contributed by atoms with Crippen LogP contribution in [0.3, 0.4) is 0 Å². The summed E-state index contributed by atoms with van der Waals surface area (Å²) in [4.78, 5) is 22.9. The molecule has 20 heavy (non-hydrogen) atoms. The summed E-state index contributed by atoms with van der Waals surface area (Å²) in [6.07, 6.45) is 1.47. The Morgan fingerprint density at radius 2 is 1.55 bits per heavy atom. The third-order valence-corrected chi connectivity index (χ3v) is 4.93. The van der Waals surface area contributed by atoms with Crippen LogP contribution in [-0.2, 0) is 28.2 Å². The second-order valence-electron chi connectivity index (χ2n) is 3.88. The van der Waals surface area contributed by atoms with Gasteiger partial charge in [-0.15, -0.1) is 0 Å². The van der Waals surface area contributed by atoms with Crippen molar-refractivity contribution in [1.82, 2.24) is 0 Å². The smallest absolute Gasteiger partial charge is 0.334 e. The average Bonchev–Trinajstić information content (AvgIpc) is 2.38. The maximum absolute atomic E-state index is 12.3. The molecule has 0 unspecified atom stereocenters. The van der Waals surface area contributed by atoms with Crippen LogP contribution < -0.4 is 0 Å². The molecular weight excluding hydrogens is 283 g/mol. The van der Waals surface area contributed by atoms with Crippen LogP contribution in [0.2, 0.25) is 0 Å². The number of hydrogen-bond acceptors (Lipinski definition) is 6. The number of carbonyl (C=O) groups excluding carboxylic acids is 2. The van der Waals surface area contributed by atoms with Crippen molar-refractivity contribution < 1.29 is 28.2 Å². The standard InChI is InChI=1S/C13H23O6P/c1-5-17-12(14)9-11(10-13(15)18-6-2)19-20(16,7-3)8-4/h9H,5-8,10H2,1-4H3/b11-9-. The highest BCUT2D eigenvalue weighted by molar-refractivity contribution is 7.59. The Bertz CT molecular complexity index is 394. The van der Waals surface area contributed by atoms with E-state index < -0.39 is 19.3 Å². The van der Waals surface area contributed by atoms with Crippen LogP contribution in [0.25, 0.3) is 0 Å². The molecule has 0 aliphatic rings. The van der Waals surface area contributed by atoms with E-state index in [1.165, 1.54) is 0 Å². The van der Waals surface area contributed by atoms with Gasteiger partial charge < -0.3 is 14.0 Å². The Morgan fingerprint density at radius 1 is 1.00 bits per heavy atom. The summed E-state index contributed by atoms with van der Waals surface area (Å²) in [6.45, 7) is 7.25. The van der Waals surface area contributed by atoms with E-state index in [1.54, 1.807) is 27.7 Å². The first-order valence-corrected chi connectivity index (χ1v) is 8.70. The highest BCUT2D eigenvalue weighted by Gasteiger charge is 2.23. The Balaban J connectivity index is 5.01. The summed E-state index contributed by atoms with van der Waals surface area (Å²) in [5.74, 6) is -1.15.